The third-order valence-corrected chi connectivity index (χ3v) is 5.65. The molecule has 1 aromatic carbocycles. The molecule has 4 heteroatoms. The second-order valence-corrected chi connectivity index (χ2v) is 6.99. The van der Waals surface area contributed by atoms with Crippen molar-refractivity contribution in [2.75, 3.05) is 13.2 Å². The lowest BCUT2D eigenvalue weighted by Crippen LogP contribution is -2.23. The summed E-state index contributed by atoms with van der Waals surface area (Å²) < 4.78 is 5.91. The lowest BCUT2D eigenvalue weighted by molar-refractivity contribution is 0.0167. The van der Waals surface area contributed by atoms with Gasteiger partial charge in [-0.2, -0.15) is 0 Å². The fraction of sp³-hybridized carbons (Fsp3) is 0.471. The molecule has 110 valence electrons. The molecule has 4 rings (SSSR count). The molecule has 1 aromatic heterocycles. The lowest BCUT2D eigenvalue weighted by Gasteiger charge is -2.19. The van der Waals surface area contributed by atoms with Crippen molar-refractivity contribution in [2.24, 2.45) is 0 Å². The van der Waals surface area contributed by atoms with Gasteiger partial charge >= 0.3 is 0 Å². The molecule has 21 heavy (non-hydrogen) atoms. The second-order valence-electron chi connectivity index (χ2n) is 6.13. The highest BCUT2D eigenvalue weighted by Gasteiger charge is 2.34. The number of thiazole rings is 1. The average Bonchev–Trinajstić information content (AvgIpc) is 3.17. The Morgan fingerprint density at radius 2 is 2.29 bits per heavy atom. The highest BCUT2D eigenvalue weighted by Crippen LogP contribution is 2.38. The quantitative estimate of drug-likeness (QED) is 0.922. The van der Waals surface area contributed by atoms with E-state index in [9.17, 15) is 0 Å². The molecule has 0 saturated carbocycles. The molecule has 0 radical (unpaired) electrons. The Hall–Kier alpha value is -1.23. The largest absolute Gasteiger partial charge is 0.368 e. The molecule has 3 nitrogen and oxygen atoms in total. The van der Waals surface area contributed by atoms with Crippen molar-refractivity contribution >= 4 is 11.3 Å². The van der Waals surface area contributed by atoms with Crippen molar-refractivity contribution in [3.8, 4) is 11.3 Å². The Kier molecular flexibility index (Phi) is 3.32. The van der Waals surface area contributed by atoms with Gasteiger partial charge in [-0.1, -0.05) is 12.1 Å². The van der Waals surface area contributed by atoms with E-state index in [-0.39, 0.29) is 5.60 Å². The predicted octanol–water partition coefficient (Wildman–Crippen LogP) is 3.48. The van der Waals surface area contributed by atoms with Gasteiger partial charge in [-0.25, -0.2) is 4.98 Å². The van der Waals surface area contributed by atoms with Gasteiger partial charge in [0.25, 0.3) is 0 Å². The van der Waals surface area contributed by atoms with Gasteiger partial charge in [0.15, 0.2) is 0 Å². The van der Waals surface area contributed by atoms with Crippen LogP contribution in [0.2, 0.25) is 0 Å². The molecule has 0 amide bonds. The summed E-state index contributed by atoms with van der Waals surface area (Å²) in [6, 6.07) is 6.75. The highest BCUT2D eigenvalue weighted by atomic mass is 32.1. The average molecular weight is 300 g/mol. The molecule has 2 aromatic rings. The smallest absolute Gasteiger partial charge is 0.125 e. The van der Waals surface area contributed by atoms with Crippen molar-refractivity contribution in [2.45, 2.75) is 38.3 Å². The first-order chi connectivity index (χ1) is 10.2. The first kappa shape index (κ1) is 13.4. The molecule has 1 fully saturated rings. The van der Waals surface area contributed by atoms with Crippen LogP contribution in [0.4, 0.5) is 0 Å². The van der Waals surface area contributed by atoms with Crippen LogP contribution in [0.3, 0.4) is 0 Å². The lowest BCUT2D eigenvalue weighted by atomic mass is 9.97. The van der Waals surface area contributed by atoms with Crippen LogP contribution in [0.15, 0.2) is 23.6 Å². The van der Waals surface area contributed by atoms with Crippen LogP contribution in [0.25, 0.3) is 11.3 Å². The van der Waals surface area contributed by atoms with Crippen molar-refractivity contribution in [1.82, 2.24) is 10.3 Å². The van der Waals surface area contributed by atoms with Crippen LogP contribution in [-0.4, -0.2) is 18.1 Å². The molecule has 1 saturated heterocycles. The zero-order valence-corrected chi connectivity index (χ0v) is 13.1. The Balaban J connectivity index is 1.66. The molecule has 1 N–H and O–H groups in total. The van der Waals surface area contributed by atoms with Crippen LogP contribution in [0.1, 0.15) is 35.9 Å². The molecular formula is C17H20N2OS. The maximum absolute atomic E-state index is 5.91. The van der Waals surface area contributed by atoms with Gasteiger partial charge in [0.05, 0.1) is 5.69 Å². The fourth-order valence-corrected chi connectivity index (χ4v) is 4.21. The first-order valence-corrected chi connectivity index (χ1v) is 8.55. The fourth-order valence-electron chi connectivity index (χ4n) is 3.23. The van der Waals surface area contributed by atoms with E-state index in [1.54, 1.807) is 11.3 Å². The van der Waals surface area contributed by atoms with E-state index in [2.05, 4.69) is 35.8 Å². The summed E-state index contributed by atoms with van der Waals surface area (Å²) in [6.07, 6.45) is 3.33. The molecule has 2 aliphatic heterocycles. The third kappa shape index (κ3) is 2.41. The van der Waals surface area contributed by atoms with Gasteiger partial charge in [0.2, 0.25) is 0 Å². The highest BCUT2D eigenvalue weighted by molar-refractivity contribution is 7.10. The molecule has 0 bridgehead atoms. The summed E-state index contributed by atoms with van der Waals surface area (Å²) in [5, 5.41) is 6.71. The normalized spacial score (nSPS) is 25.0. The van der Waals surface area contributed by atoms with E-state index in [1.165, 1.54) is 16.7 Å². The van der Waals surface area contributed by atoms with Gasteiger partial charge in [-0.05, 0) is 49.9 Å². The Morgan fingerprint density at radius 1 is 1.33 bits per heavy atom. The van der Waals surface area contributed by atoms with Crippen LogP contribution in [-0.2, 0) is 23.3 Å². The van der Waals surface area contributed by atoms with Crippen LogP contribution in [0, 0.1) is 0 Å². The van der Waals surface area contributed by atoms with Gasteiger partial charge in [0.1, 0.15) is 10.6 Å². The number of fused-ring (bicyclic) bond motifs is 1. The summed E-state index contributed by atoms with van der Waals surface area (Å²) in [5.74, 6) is 0. The number of aromatic nitrogens is 1. The molecule has 0 aliphatic carbocycles. The van der Waals surface area contributed by atoms with Crippen LogP contribution in [0.5, 0.6) is 0 Å². The van der Waals surface area contributed by atoms with E-state index >= 15 is 0 Å². The summed E-state index contributed by atoms with van der Waals surface area (Å²) in [7, 11) is 0. The number of hydrogen-bond donors (Lipinski definition) is 1. The van der Waals surface area contributed by atoms with Crippen molar-refractivity contribution in [3.05, 3.63) is 39.7 Å². The van der Waals surface area contributed by atoms with E-state index in [0.717, 1.165) is 49.7 Å². The van der Waals surface area contributed by atoms with Crippen molar-refractivity contribution < 1.29 is 4.74 Å². The molecule has 1 unspecified atom stereocenters. The Bertz CT molecular complexity index is 659. The summed E-state index contributed by atoms with van der Waals surface area (Å²) in [4.78, 5) is 4.86. The topological polar surface area (TPSA) is 34.2 Å². The zero-order chi connectivity index (χ0) is 14.3. The molecule has 0 spiro atoms. The number of rotatable bonds is 2. The van der Waals surface area contributed by atoms with Gasteiger partial charge in [-0.15, -0.1) is 11.3 Å². The molecule has 3 heterocycles. The van der Waals surface area contributed by atoms with Gasteiger partial charge in [0, 0.05) is 24.1 Å². The molecule has 1 atom stereocenters. The number of benzene rings is 1. The minimum Gasteiger partial charge on any atom is -0.368 e. The predicted molar refractivity (Wildman–Crippen MR) is 85.5 cm³/mol. The third-order valence-electron chi connectivity index (χ3n) is 4.56. The molecule has 2 aliphatic rings. The maximum Gasteiger partial charge on any atom is 0.125 e. The van der Waals surface area contributed by atoms with Gasteiger partial charge < -0.3 is 10.1 Å². The van der Waals surface area contributed by atoms with Crippen molar-refractivity contribution in [3.63, 3.8) is 0 Å². The van der Waals surface area contributed by atoms with E-state index in [1.807, 2.05) is 0 Å². The standard InChI is InChI=1S/C17H20N2OS/c1-17(6-2-8-20-17)16-19-15(11-21-16)13-3-4-14-10-18-7-5-12(14)9-13/h3-4,9,11,18H,2,5-8,10H2,1H3. The van der Waals surface area contributed by atoms with Crippen LogP contribution >= 0.6 is 11.3 Å². The van der Waals surface area contributed by atoms with Crippen LogP contribution < -0.4 is 5.32 Å². The minimum atomic E-state index is -0.166. The number of ether oxygens (including phenoxy) is 1. The number of nitrogens with zero attached hydrogens (tertiary/aromatic N) is 1. The van der Waals surface area contributed by atoms with Crippen molar-refractivity contribution in [1.29, 1.82) is 0 Å². The second kappa shape index (κ2) is 5.20. The summed E-state index contributed by atoms with van der Waals surface area (Å²) in [5.41, 5.74) is 5.05. The zero-order valence-electron chi connectivity index (χ0n) is 12.3. The van der Waals surface area contributed by atoms with E-state index in [4.69, 9.17) is 9.72 Å². The maximum atomic E-state index is 5.91. The monoisotopic (exact) mass is 300 g/mol. The van der Waals surface area contributed by atoms with E-state index < -0.39 is 0 Å². The minimum absolute atomic E-state index is 0.166. The Labute approximate surface area is 129 Å². The first-order valence-electron chi connectivity index (χ1n) is 7.67. The molecular weight excluding hydrogens is 280 g/mol. The summed E-state index contributed by atoms with van der Waals surface area (Å²) in [6.45, 7) is 5.09. The number of hydrogen-bond acceptors (Lipinski definition) is 4. The van der Waals surface area contributed by atoms with E-state index in [0.29, 0.717) is 0 Å². The van der Waals surface area contributed by atoms with Gasteiger partial charge in [-0.3, -0.25) is 0 Å². The SMILES string of the molecule is CC1(c2nc(-c3ccc4c(c3)CCNC4)cs2)CCCO1. The number of nitrogens with one attached hydrogen (secondary N) is 1. The Morgan fingerprint density at radius 3 is 3.14 bits per heavy atom. The summed E-state index contributed by atoms with van der Waals surface area (Å²) >= 11 is 1.73.